The molecule has 0 fully saturated rings. The molecule has 0 aliphatic rings. The van der Waals surface area contributed by atoms with Crippen molar-refractivity contribution in [3.63, 3.8) is 0 Å². The van der Waals surface area contributed by atoms with Gasteiger partial charge < -0.3 is 14.7 Å². The van der Waals surface area contributed by atoms with Gasteiger partial charge in [-0.3, -0.25) is 4.79 Å². The predicted molar refractivity (Wildman–Crippen MR) is 122 cm³/mol. The van der Waals surface area contributed by atoms with Crippen LogP contribution in [0, 0.1) is 6.92 Å². The molecule has 0 unspecified atom stereocenters. The summed E-state index contributed by atoms with van der Waals surface area (Å²) in [6.45, 7) is 0.250. The lowest BCUT2D eigenvalue weighted by atomic mass is 10.0. The van der Waals surface area contributed by atoms with E-state index in [2.05, 4.69) is 15.1 Å². The van der Waals surface area contributed by atoms with E-state index in [1.807, 2.05) is 0 Å². The molecule has 184 valence electrons. The number of rotatable bonds is 5. The summed E-state index contributed by atoms with van der Waals surface area (Å²) in [5.41, 5.74) is 6.92. The van der Waals surface area contributed by atoms with E-state index in [1.54, 1.807) is 37.3 Å². The lowest BCUT2D eigenvalue weighted by Gasteiger charge is -2.12. The number of pyridine rings is 1. The maximum absolute atomic E-state index is 13.2. The van der Waals surface area contributed by atoms with Crippen LogP contribution in [0.15, 0.2) is 69.1 Å². The Bertz CT molecular complexity index is 1700. The van der Waals surface area contributed by atoms with Crippen molar-refractivity contribution in [2.24, 2.45) is 0 Å². The fraction of sp³-hybridized carbons (Fsp3) is 0.174. The molecule has 0 atom stereocenters. The van der Waals surface area contributed by atoms with E-state index >= 15 is 0 Å². The van der Waals surface area contributed by atoms with Gasteiger partial charge in [-0.15, -0.1) is 9.38 Å². The summed E-state index contributed by atoms with van der Waals surface area (Å²) in [5, 5.41) is 2.99. The lowest BCUT2D eigenvalue weighted by molar-refractivity contribution is -0.516. The van der Waals surface area contributed by atoms with Crippen LogP contribution in [0.2, 0.25) is 0 Å². The number of aromatic nitrogens is 6. The van der Waals surface area contributed by atoms with Gasteiger partial charge >= 0.3 is 17.8 Å². The van der Waals surface area contributed by atoms with Crippen LogP contribution in [0.5, 0.6) is 0 Å². The molecule has 3 N–H and O–H groups in total. The molecular weight excluding hydrogens is 479 g/mol. The summed E-state index contributed by atoms with van der Waals surface area (Å²) in [6.07, 6.45) is -2.27. The van der Waals surface area contributed by atoms with E-state index in [9.17, 15) is 22.8 Å². The second-order valence-electron chi connectivity index (χ2n) is 8.08. The van der Waals surface area contributed by atoms with Gasteiger partial charge in [-0.2, -0.15) is 17.9 Å². The van der Waals surface area contributed by atoms with Crippen LogP contribution < -0.4 is 21.4 Å². The topological polar surface area (TPSA) is 129 Å². The predicted octanol–water partition coefficient (Wildman–Crippen LogP) is 2.30. The average Bonchev–Trinajstić information content (AvgIpc) is 3.38. The molecule has 0 radical (unpaired) electrons. The van der Waals surface area contributed by atoms with Gasteiger partial charge in [0.2, 0.25) is 5.65 Å². The first-order valence-electron chi connectivity index (χ1n) is 10.7. The zero-order chi connectivity index (χ0) is 25.6. The number of fused-ring (bicyclic) bond motifs is 1. The van der Waals surface area contributed by atoms with E-state index in [0.717, 1.165) is 16.7 Å². The summed E-state index contributed by atoms with van der Waals surface area (Å²) in [7, 11) is 0. The highest BCUT2D eigenvalue weighted by Gasteiger charge is 2.30. The van der Waals surface area contributed by atoms with Crippen LogP contribution in [0.3, 0.4) is 0 Å². The van der Waals surface area contributed by atoms with E-state index in [1.165, 1.54) is 17.1 Å². The summed E-state index contributed by atoms with van der Waals surface area (Å²) in [4.78, 5) is 33.9. The van der Waals surface area contributed by atoms with E-state index in [4.69, 9.17) is 10.2 Å². The number of nitrogens with zero attached hydrogens (tertiary/aromatic N) is 5. The third kappa shape index (κ3) is 4.15. The first-order valence-corrected chi connectivity index (χ1v) is 10.7. The Kier molecular flexibility index (Phi) is 5.46. The fourth-order valence-corrected chi connectivity index (χ4v) is 3.97. The molecule has 5 aromatic rings. The number of halogens is 3. The number of alkyl halides is 3. The molecule has 0 saturated heterocycles. The molecule has 10 nitrogen and oxygen atoms in total. The van der Waals surface area contributed by atoms with Crippen molar-refractivity contribution in [2.75, 3.05) is 5.73 Å². The minimum absolute atomic E-state index is 0.0238. The Morgan fingerprint density at radius 1 is 1.11 bits per heavy atom. The Morgan fingerprint density at radius 3 is 2.53 bits per heavy atom. The van der Waals surface area contributed by atoms with Crippen molar-refractivity contribution >= 4 is 11.6 Å². The number of anilines is 1. The summed E-state index contributed by atoms with van der Waals surface area (Å²) < 4.78 is 47.5. The smallest absolute Gasteiger partial charge is 0.428 e. The fourth-order valence-electron chi connectivity index (χ4n) is 3.97. The molecule has 4 aromatic heterocycles. The van der Waals surface area contributed by atoms with Gasteiger partial charge in [0.05, 0.1) is 5.56 Å². The minimum atomic E-state index is -4.61. The first kappa shape index (κ1) is 23.1. The lowest BCUT2D eigenvalue weighted by Crippen LogP contribution is -2.44. The van der Waals surface area contributed by atoms with Gasteiger partial charge in [-0.1, -0.05) is 30.3 Å². The molecule has 0 bridgehead atoms. The zero-order valence-corrected chi connectivity index (χ0v) is 18.8. The van der Waals surface area contributed by atoms with Crippen molar-refractivity contribution in [1.82, 2.24) is 24.3 Å². The molecule has 36 heavy (non-hydrogen) atoms. The monoisotopic (exact) mass is 498 g/mol. The zero-order valence-electron chi connectivity index (χ0n) is 18.8. The average molecular weight is 498 g/mol. The Hall–Kier alpha value is -4.68. The summed E-state index contributed by atoms with van der Waals surface area (Å²) in [5.74, 6) is 0.383. The summed E-state index contributed by atoms with van der Waals surface area (Å²) >= 11 is 0. The molecule has 5 rings (SSSR count). The van der Waals surface area contributed by atoms with Crippen molar-refractivity contribution in [3.8, 4) is 22.4 Å². The van der Waals surface area contributed by atoms with Gasteiger partial charge in [-0.05, 0) is 13.0 Å². The van der Waals surface area contributed by atoms with E-state index < -0.39 is 24.0 Å². The second-order valence-corrected chi connectivity index (χ2v) is 8.08. The second kappa shape index (κ2) is 8.52. The Labute approximate surface area is 200 Å². The third-order valence-electron chi connectivity index (χ3n) is 5.64. The van der Waals surface area contributed by atoms with Gasteiger partial charge in [0, 0.05) is 23.4 Å². The van der Waals surface area contributed by atoms with Crippen molar-refractivity contribution < 1.29 is 22.0 Å². The van der Waals surface area contributed by atoms with Crippen LogP contribution in [-0.2, 0) is 13.1 Å². The van der Waals surface area contributed by atoms with E-state index in [-0.39, 0.29) is 23.7 Å². The quantitative estimate of drug-likeness (QED) is 0.358. The maximum Gasteiger partial charge on any atom is 0.428 e. The number of nitrogen functional groups attached to an aromatic ring is 1. The van der Waals surface area contributed by atoms with Gasteiger partial charge in [0.25, 0.3) is 5.56 Å². The summed E-state index contributed by atoms with van der Waals surface area (Å²) in [6, 6.07) is 11.2. The minimum Gasteiger partial charge on any atom is -0.448 e. The molecule has 13 heteroatoms. The number of oxazole rings is 1. The van der Waals surface area contributed by atoms with Crippen molar-refractivity contribution in [1.29, 1.82) is 0 Å². The van der Waals surface area contributed by atoms with Crippen LogP contribution >= 0.6 is 0 Å². The molecule has 0 spiro atoms. The largest absolute Gasteiger partial charge is 0.448 e. The normalized spacial score (nSPS) is 11.9. The van der Waals surface area contributed by atoms with E-state index in [0.29, 0.717) is 32.8 Å². The molecule has 1 aromatic carbocycles. The first-order chi connectivity index (χ1) is 17.1. The third-order valence-corrected chi connectivity index (χ3v) is 5.64. The van der Waals surface area contributed by atoms with Crippen molar-refractivity contribution in [3.05, 3.63) is 87.3 Å². The highest BCUT2D eigenvalue weighted by molar-refractivity contribution is 5.88. The molecule has 0 amide bonds. The highest BCUT2D eigenvalue weighted by Crippen LogP contribution is 2.32. The number of hydrogen-bond acceptors (Lipinski definition) is 6. The highest BCUT2D eigenvalue weighted by atomic mass is 19.4. The number of aromatic amines is 1. The van der Waals surface area contributed by atoms with Gasteiger partial charge in [0.1, 0.15) is 30.2 Å². The number of aryl methyl sites for hydroxylation is 1. The molecule has 0 saturated carbocycles. The number of benzene rings is 1. The number of nitrogens with two attached hydrogens (primary N) is 1. The van der Waals surface area contributed by atoms with Gasteiger partial charge in [-0.25, -0.2) is 14.9 Å². The molecule has 4 heterocycles. The SMILES string of the molecule is Cc1ocnc1Cn1[nH]c2c(-c3ccc(=O)n(CC(F)(F)F)c3)c(-c3ccccc3)nc(N)[n+]2c1=O. The van der Waals surface area contributed by atoms with Crippen molar-refractivity contribution in [2.45, 2.75) is 26.2 Å². The maximum atomic E-state index is 13.2. The van der Waals surface area contributed by atoms with Crippen LogP contribution in [-0.4, -0.2) is 30.5 Å². The number of hydrogen-bond donors (Lipinski definition) is 2. The van der Waals surface area contributed by atoms with Crippen LogP contribution in [0.4, 0.5) is 19.1 Å². The Balaban J connectivity index is 1.81. The van der Waals surface area contributed by atoms with Crippen LogP contribution in [0.1, 0.15) is 11.5 Å². The van der Waals surface area contributed by atoms with Gasteiger partial charge in [0.15, 0.2) is 6.39 Å². The molecule has 0 aliphatic carbocycles. The van der Waals surface area contributed by atoms with Crippen LogP contribution in [0.25, 0.3) is 28.0 Å². The molecular formula is C23H19F3N7O3+. The number of H-pyrrole nitrogens is 1. The molecule has 0 aliphatic heterocycles. The standard InChI is InChI=1S/C23H18F3N7O3/c1-13-16(28-12-36-13)10-32-22(35)33-20(30-32)18(19(29-21(33)27)14-5-3-2-4-6-14)15-7-8-17(34)31(9-15)11-23(24,25)26/h2-9,12H,10-11H2,1H3,(H2,27,29,30)/p+1. The number of nitrogens with one attached hydrogen (secondary N) is 1. The Morgan fingerprint density at radius 2 is 1.86 bits per heavy atom.